The SMILES string of the molecule is CC1C(=O)CN=[N+]1C. The highest BCUT2D eigenvalue weighted by Gasteiger charge is 2.28. The molecule has 0 bridgehead atoms. The van der Waals surface area contributed by atoms with Crippen molar-refractivity contribution in [3.05, 3.63) is 0 Å². The number of Topliss-reactive ketones (excluding diaryl/α,β-unsaturated/α-hetero) is 1. The predicted octanol–water partition coefficient (Wildman–Crippen LogP) is 0.0521. The molecule has 0 aliphatic carbocycles. The van der Waals surface area contributed by atoms with E-state index in [1.54, 1.807) is 4.70 Å². The zero-order chi connectivity index (χ0) is 6.15. The molecule has 44 valence electrons. The largest absolute Gasteiger partial charge is 0.290 e. The van der Waals surface area contributed by atoms with E-state index in [0.29, 0.717) is 6.54 Å². The topological polar surface area (TPSA) is 32.4 Å². The molecule has 1 aliphatic rings. The normalized spacial score (nSPS) is 28.5. The van der Waals surface area contributed by atoms with Crippen molar-refractivity contribution in [3.8, 4) is 0 Å². The van der Waals surface area contributed by atoms with E-state index in [-0.39, 0.29) is 11.8 Å². The highest BCUT2D eigenvalue weighted by atomic mass is 16.1. The number of hydrogen-bond acceptors (Lipinski definition) is 2. The van der Waals surface area contributed by atoms with E-state index in [1.807, 2.05) is 14.0 Å². The number of hydrogen-bond donors (Lipinski definition) is 0. The van der Waals surface area contributed by atoms with Crippen LogP contribution in [0.1, 0.15) is 6.92 Å². The Labute approximate surface area is 48.0 Å². The molecule has 3 heteroatoms. The molecule has 0 aromatic heterocycles. The summed E-state index contributed by atoms with van der Waals surface area (Å²) < 4.78 is 1.70. The van der Waals surface area contributed by atoms with Gasteiger partial charge >= 0.3 is 0 Å². The number of ketones is 1. The van der Waals surface area contributed by atoms with E-state index in [2.05, 4.69) is 5.11 Å². The van der Waals surface area contributed by atoms with E-state index in [9.17, 15) is 4.79 Å². The first kappa shape index (κ1) is 5.41. The summed E-state index contributed by atoms with van der Waals surface area (Å²) in [5, 5.41) is 3.88. The van der Waals surface area contributed by atoms with Crippen molar-refractivity contribution in [1.29, 1.82) is 0 Å². The highest BCUT2D eigenvalue weighted by Crippen LogP contribution is 1.99. The minimum Gasteiger partial charge on any atom is -0.290 e. The second-order valence-electron chi connectivity index (χ2n) is 2.02. The minimum absolute atomic E-state index is 0.00926. The Kier molecular flexibility index (Phi) is 1.12. The Balaban J connectivity index is 2.72. The van der Waals surface area contributed by atoms with Crippen LogP contribution in [0.25, 0.3) is 0 Å². The molecular formula is C5H9N2O+. The number of carbonyl (C=O) groups is 1. The van der Waals surface area contributed by atoms with Crippen LogP contribution < -0.4 is 0 Å². The van der Waals surface area contributed by atoms with Gasteiger partial charge in [-0.3, -0.25) is 4.79 Å². The van der Waals surface area contributed by atoms with Gasteiger partial charge < -0.3 is 0 Å². The molecule has 0 amide bonds. The molecule has 1 aliphatic heterocycles. The monoisotopic (exact) mass is 113 g/mol. The summed E-state index contributed by atoms with van der Waals surface area (Å²) >= 11 is 0. The summed E-state index contributed by atoms with van der Waals surface area (Å²) in [5.74, 6) is 0.215. The average Bonchev–Trinajstić information content (AvgIpc) is 1.98. The standard InChI is InChI=1S/C5H9N2O/c1-4-5(8)3-6-7(4)2/h4H,3H2,1-2H3/q+1. The second-order valence-corrected chi connectivity index (χ2v) is 2.02. The Morgan fingerprint density at radius 1 is 1.88 bits per heavy atom. The number of azo groups is 2. The Morgan fingerprint density at radius 3 is 2.62 bits per heavy atom. The molecule has 1 atom stereocenters. The Hall–Kier alpha value is -0.730. The van der Waals surface area contributed by atoms with Crippen LogP contribution in [0.2, 0.25) is 0 Å². The molecule has 1 heterocycles. The minimum atomic E-state index is 0.00926. The molecule has 0 radical (unpaired) electrons. The molecule has 0 aromatic carbocycles. The van der Waals surface area contributed by atoms with Crippen molar-refractivity contribution in [3.63, 3.8) is 0 Å². The summed E-state index contributed by atoms with van der Waals surface area (Å²) in [6.07, 6.45) is 0. The summed E-state index contributed by atoms with van der Waals surface area (Å²) in [7, 11) is 1.82. The van der Waals surface area contributed by atoms with Gasteiger partial charge in [-0.2, -0.15) is 0 Å². The van der Waals surface area contributed by atoms with Gasteiger partial charge in [0.15, 0.2) is 13.6 Å². The van der Waals surface area contributed by atoms with Crippen molar-refractivity contribution >= 4 is 5.78 Å². The quantitative estimate of drug-likeness (QED) is 0.408. The molecule has 0 aromatic rings. The number of likely N-dealkylation sites (N-methyl/N-ethyl adjacent to an activating group) is 1. The Morgan fingerprint density at radius 2 is 2.50 bits per heavy atom. The van der Waals surface area contributed by atoms with Crippen molar-refractivity contribution in [1.82, 2.24) is 0 Å². The summed E-state index contributed by atoms with van der Waals surface area (Å²) in [5.41, 5.74) is 0. The van der Waals surface area contributed by atoms with E-state index in [1.165, 1.54) is 0 Å². The zero-order valence-electron chi connectivity index (χ0n) is 5.09. The van der Waals surface area contributed by atoms with Gasteiger partial charge in [0.05, 0.1) is 0 Å². The van der Waals surface area contributed by atoms with Crippen LogP contribution in [0.5, 0.6) is 0 Å². The summed E-state index contributed by atoms with van der Waals surface area (Å²) in [6.45, 7) is 2.23. The fourth-order valence-corrected chi connectivity index (χ4v) is 0.644. The molecule has 1 unspecified atom stereocenters. The van der Waals surface area contributed by atoms with Crippen molar-refractivity contribution < 1.29 is 9.49 Å². The molecule has 0 spiro atoms. The van der Waals surface area contributed by atoms with Gasteiger partial charge in [-0.05, 0) is 5.11 Å². The van der Waals surface area contributed by atoms with E-state index < -0.39 is 0 Å². The maximum absolute atomic E-state index is 10.6. The lowest BCUT2D eigenvalue weighted by Gasteiger charge is -1.88. The predicted molar refractivity (Wildman–Crippen MR) is 27.9 cm³/mol. The van der Waals surface area contributed by atoms with E-state index in [4.69, 9.17) is 0 Å². The third-order valence-corrected chi connectivity index (χ3v) is 1.48. The average molecular weight is 113 g/mol. The summed E-state index contributed by atoms with van der Waals surface area (Å²) in [4.78, 5) is 10.6. The smallest absolute Gasteiger partial charge is 0.234 e. The van der Waals surface area contributed by atoms with Crippen LogP contribution in [-0.4, -0.2) is 30.1 Å². The highest BCUT2D eigenvalue weighted by molar-refractivity contribution is 5.85. The molecule has 8 heavy (non-hydrogen) atoms. The van der Waals surface area contributed by atoms with Gasteiger partial charge in [0.2, 0.25) is 11.8 Å². The van der Waals surface area contributed by atoms with Gasteiger partial charge in [-0.25, -0.2) is 0 Å². The van der Waals surface area contributed by atoms with Gasteiger partial charge in [-0.15, -0.1) is 4.70 Å². The molecule has 0 N–H and O–H groups in total. The first-order valence-corrected chi connectivity index (χ1v) is 2.65. The number of rotatable bonds is 0. The lowest BCUT2D eigenvalue weighted by atomic mass is 10.2. The fraction of sp³-hybridized carbons (Fsp3) is 0.800. The third-order valence-electron chi connectivity index (χ3n) is 1.48. The van der Waals surface area contributed by atoms with Crippen LogP contribution in [-0.2, 0) is 4.79 Å². The molecule has 1 rings (SSSR count). The van der Waals surface area contributed by atoms with Crippen molar-refractivity contribution in [2.45, 2.75) is 13.0 Å². The third kappa shape index (κ3) is 0.638. The first-order chi connectivity index (χ1) is 3.72. The van der Waals surface area contributed by atoms with Crippen LogP contribution >= 0.6 is 0 Å². The second kappa shape index (κ2) is 1.65. The first-order valence-electron chi connectivity index (χ1n) is 2.65. The lowest BCUT2D eigenvalue weighted by Crippen LogP contribution is -2.21. The van der Waals surface area contributed by atoms with E-state index >= 15 is 0 Å². The summed E-state index contributed by atoms with van der Waals surface area (Å²) in [6, 6.07) is 0.00926. The molecule has 0 saturated heterocycles. The molecule has 0 saturated carbocycles. The van der Waals surface area contributed by atoms with Crippen LogP contribution in [0.15, 0.2) is 5.11 Å². The maximum atomic E-state index is 10.6. The molecule has 3 nitrogen and oxygen atoms in total. The lowest BCUT2D eigenvalue weighted by molar-refractivity contribution is -0.576. The van der Waals surface area contributed by atoms with Crippen LogP contribution in [0, 0.1) is 0 Å². The van der Waals surface area contributed by atoms with Crippen molar-refractivity contribution in [2.75, 3.05) is 13.6 Å². The van der Waals surface area contributed by atoms with Gasteiger partial charge in [0.25, 0.3) is 0 Å². The fourth-order valence-electron chi connectivity index (χ4n) is 0.644. The number of carbonyl (C=O) groups excluding carboxylic acids is 1. The van der Waals surface area contributed by atoms with Gasteiger partial charge in [-0.1, -0.05) is 0 Å². The molecule has 0 fully saturated rings. The number of nitrogens with zero attached hydrogens (tertiary/aromatic N) is 2. The van der Waals surface area contributed by atoms with Gasteiger partial charge in [0.1, 0.15) is 0 Å². The zero-order valence-corrected chi connectivity index (χ0v) is 5.09. The van der Waals surface area contributed by atoms with E-state index in [0.717, 1.165) is 0 Å². The van der Waals surface area contributed by atoms with Crippen molar-refractivity contribution in [2.24, 2.45) is 5.11 Å². The van der Waals surface area contributed by atoms with Crippen LogP contribution in [0.4, 0.5) is 0 Å². The Bertz CT molecular complexity index is 151. The van der Waals surface area contributed by atoms with Gasteiger partial charge in [0, 0.05) is 6.92 Å². The molecular weight excluding hydrogens is 104 g/mol. The van der Waals surface area contributed by atoms with Crippen LogP contribution in [0.3, 0.4) is 0 Å². The maximum Gasteiger partial charge on any atom is 0.234 e.